The Balaban J connectivity index is 1.52. The van der Waals surface area contributed by atoms with Crippen molar-refractivity contribution < 1.29 is 34.0 Å². The quantitative estimate of drug-likeness (QED) is 0.182. The lowest BCUT2D eigenvalue weighted by atomic mass is 9.87. The minimum Gasteiger partial charge on any atom is -0.389 e. The molecule has 3 heterocycles. The summed E-state index contributed by atoms with van der Waals surface area (Å²) in [6.45, 7) is 10.8. The van der Waals surface area contributed by atoms with Crippen LogP contribution < -0.4 is 10.6 Å². The van der Waals surface area contributed by atoms with Crippen molar-refractivity contribution in [2.24, 2.45) is 5.92 Å². The first-order chi connectivity index (χ1) is 18.0. The molecule has 38 heavy (non-hydrogen) atoms. The zero-order valence-electron chi connectivity index (χ0n) is 23.4. The van der Waals surface area contributed by atoms with Gasteiger partial charge in [0.25, 0.3) is 0 Å². The SMILES string of the molecule is CCCNC(=O)C[C@@H]1CC2(CO2)[C@H](O)[C@@H](/C=C/C(C)=C/C[C@@H]2O[C@H](C)[C@H](NC(=O)/C=C\[C@H](C)O)C[C@@H]2C)O1. The summed E-state index contributed by atoms with van der Waals surface area (Å²) in [6, 6.07) is -0.0868. The van der Waals surface area contributed by atoms with Gasteiger partial charge in [-0.15, -0.1) is 0 Å². The largest absolute Gasteiger partial charge is 0.389 e. The smallest absolute Gasteiger partial charge is 0.244 e. The Hall–Kier alpha value is -2.04. The monoisotopic (exact) mass is 534 g/mol. The van der Waals surface area contributed by atoms with Crippen LogP contribution in [0.25, 0.3) is 0 Å². The van der Waals surface area contributed by atoms with Crippen molar-refractivity contribution in [3.8, 4) is 0 Å². The average Bonchev–Trinajstić information content (AvgIpc) is 3.63. The standard InChI is InChI=1S/C29H46N2O7/c1-6-13-30-27(34)15-22-16-29(17-36-29)28(35)25(38-22)11-8-18(2)7-10-24-19(3)14-23(21(5)37-24)31-26(33)12-9-20(4)32/h7-9,11-12,19-25,28,32,35H,6,10,13-17H2,1-5H3,(H,30,34)(H,31,33)/b11-8+,12-9-,18-7+/t19-,20-,21+,22+,23+,24-,25+,28+,29?/m0/s1. The van der Waals surface area contributed by atoms with E-state index in [0.717, 1.165) is 24.8 Å². The molecule has 3 aliphatic rings. The van der Waals surface area contributed by atoms with Crippen LogP contribution in [0.1, 0.15) is 66.7 Å². The van der Waals surface area contributed by atoms with Gasteiger partial charge in [-0.05, 0) is 46.0 Å². The van der Waals surface area contributed by atoms with E-state index in [1.165, 1.54) is 12.2 Å². The highest BCUT2D eigenvalue weighted by Gasteiger charge is 2.58. The number of hydrogen-bond acceptors (Lipinski definition) is 7. The van der Waals surface area contributed by atoms with Crippen molar-refractivity contribution in [3.05, 3.63) is 36.0 Å². The van der Waals surface area contributed by atoms with Crippen LogP contribution in [0, 0.1) is 5.92 Å². The fourth-order valence-corrected chi connectivity index (χ4v) is 5.13. The van der Waals surface area contributed by atoms with Gasteiger partial charge in [-0.3, -0.25) is 9.59 Å². The highest BCUT2D eigenvalue weighted by atomic mass is 16.6. The number of aliphatic hydroxyl groups is 2. The summed E-state index contributed by atoms with van der Waals surface area (Å²) in [6.07, 6.45) is 9.53. The van der Waals surface area contributed by atoms with E-state index < -0.39 is 23.9 Å². The number of rotatable bonds is 11. The molecule has 214 valence electrons. The van der Waals surface area contributed by atoms with Crippen LogP contribution in [0.4, 0.5) is 0 Å². The van der Waals surface area contributed by atoms with Crippen LogP contribution in [0.5, 0.6) is 0 Å². The van der Waals surface area contributed by atoms with Crippen molar-refractivity contribution in [1.82, 2.24) is 10.6 Å². The highest BCUT2D eigenvalue weighted by molar-refractivity contribution is 5.87. The Kier molecular flexibility index (Phi) is 11.1. The number of carbonyl (C=O) groups excluding carboxylic acids is 2. The predicted octanol–water partition coefficient (Wildman–Crippen LogP) is 2.32. The molecule has 0 saturated carbocycles. The highest BCUT2D eigenvalue weighted by Crippen LogP contribution is 2.43. The van der Waals surface area contributed by atoms with Gasteiger partial charge in [-0.1, -0.05) is 43.7 Å². The predicted molar refractivity (Wildman–Crippen MR) is 144 cm³/mol. The minimum atomic E-state index is -0.772. The summed E-state index contributed by atoms with van der Waals surface area (Å²) in [4.78, 5) is 24.3. The molecule has 3 saturated heterocycles. The molecule has 0 radical (unpaired) electrons. The van der Waals surface area contributed by atoms with E-state index in [-0.39, 0.29) is 48.5 Å². The van der Waals surface area contributed by atoms with Gasteiger partial charge in [0.05, 0.1) is 43.5 Å². The maximum absolute atomic E-state index is 12.2. The lowest BCUT2D eigenvalue weighted by Crippen LogP contribution is -2.50. The third-order valence-electron chi connectivity index (χ3n) is 7.56. The second-order valence-electron chi connectivity index (χ2n) is 11.1. The fourth-order valence-electron chi connectivity index (χ4n) is 5.13. The Labute approximate surface area is 226 Å². The molecular weight excluding hydrogens is 488 g/mol. The number of aliphatic hydroxyl groups excluding tert-OH is 2. The number of hydrogen-bond donors (Lipinski definition) is 4. The summed E-state index contributed by atoms with van der Waals surface area (Å²) in [7, 11) is 0. The molecular formula is C29H46N2O7. The molecule has 1 unspecified atom stereocenters. The zero-order valence-corrected chi connectivity index (χ0v) is 23.4. The third kappa shape index (κ3) is 8.74. The van der Waals surface area contributed by atoms with Gasteiger partial charge in [-0.2, -0.15) is 0 Å². The van der Waals surface area contributed by atoms with Crippen molar-refractivity contribution in [2.75, 3.05) is 13.2 Å². The molecule has 9 atom stereocenters. The number of carbonyl (C=O) groups is 2. The summed E-state index contributed by atoms with van der Waals surface area (Å²) in [5.74, 6) is -0.0239. The van der Waals surface area contributed by atoms with Crippen molar-refractivity contribution in [1.29, 1.82) is 0 Å². The average molecular weight is 535 g/mol. The Morgan fingerprint density at radius 2 is 1.95 bits per heavy atom. The second kappa shape index (κ2) is 13.8. The molecule has 1 spiro atoms. The maximum Gasteiger partial charge on any atom is 0.244 e. The lowest BCUT2D eigenvalue weighted by Gasteiger charge is -2.39. The van der Waals surface area contributed by atoms with Crippen LogP contribution >= 0.6 is 0 Å². The number of amides is 2. The molecule has 4 N–H and O–H groups in total. The summed E-state index contributed by atoms with van der Waals surface area (Å²) >= 11 is 0. The van der Waals surface area contributed by atoms with E-state index in [9.17, 15) is 19.8 Å². The summed E-state index contributed by atoms with van der Waals surface area (Å²) in [5.41, 5.74) is 0.414. The molecule has 3 fully saturated rings. The molecule has 2 amide bonds. The van der Waals surface area contributed by atoms with Gasteiger partial charge in [0.15, 0.2) is 0 Å². The van der Waals surface area contributed by atoms with Crippen LogP contribution in [0.2, 0.25) is 0 Å². The Morgan fingerprint density at radius 1 is 1.21 bits per heavy atom. The van der Waals surface area contributed by atoms with Crippen molar-refractivity contribution in [2.45, 2.75) is 115 Å². The normalized spacial score (nSPS) is 36.5. The topological polar surface area (TPSA) is 130 Å². The van der Waals surface area contributed by atoms with E-state index in [1.807, 2.05) is 32.9 Å². The number of ether oxygens (including phenoxy) is 3. The molecule has 3 rings (SSSR count). The maximum atomic E-state index is 12.2. The zero-order chi connectivity index (χ0) is 27.9. The van der Waals surface area contributed by atoms with Crippen molar-refractivity contribution in [3.63, 3.8) is 0 Å². The molecule has 9 nitrogen and oxygen atoms in total. The number of epoxide rings is 1. The van der Waals surface area contributed by atoms with E-state index in [1.54, 1.807) is 6.92 Å². The van der Waals surface area contributed by atoms with E-state index in [2.05, 4.69) is 23.6 Å². The van der Waals surface area contributed by atoms with Gasteiger partial charge in [-0.25, -0.2) is 0 Å². The lowest BCUT2D eigenvalue weighted by molar-refractivity contribution is -0.145. The second-order valence-corrected chi connectivity index (χ2v) is 11.1. The molecule has 0 aliphatic carbocycles. The third-order valence-corrected chi connectivity index (χ3v) is 7.56. The van der Waals surface area contributed by atoms with E-state index >= 15 is 0 Å². The van der Waals surface area contributed by atoms with Gasteiger partial charge in [0, 0.05) is 19.0 Å². The number of nitrogens with one attached hydrogen (secondary N) is 2. The summed E-state index contributed by atoms with van der Waals surface area (Å²) < 4.78 is 17.9. The first-order valence-corrected chi connectivity index (χ1v) is 13.9. The van der Waals surface area contributed by atoms with Crippen molar-refractivity contribution >= 4 is 11.8 Å². The van der Waals surface area contributed by atoms with Gasteiger partial charge in [0.2, 0.25) is 11.8 Å². The fraction of sp³-hybridized carbons (Fsp3) is 0.724. The summed E-state index contributed by atoms with van der Waals surface area (Å²) in [5, 5.41) is 26.0. The molecule has 9 heteroatoms. The number of allylic oxidation sites excluding steroid dienone is 2. The molecule has 0 aromatic rings. The van der Waals surface area contributed by atoms with Crippen LogP contribution in [-0.2, 0) is 23.8 Å². The van der Waals surface area contributed by atoms with Gasteiger partial charge >= 0.3 is 0 Å². The van der Waals surface area contributed by atoms with Crippen LogP contribution in [-0.4, -0.2) is 83.4 Å². The van der Waals surface area contributed by atoms with Gasteiger partial charge in [0.1, 0.15) is 17.8 Å². The van der Waals surface area contributed by atoms with Gasteiger partial charge < -0.3 is 35.1 Å². The minimum absolute atomic E-state index is 0.0279. The molecule has 0 bridgehead atoms. The van der Waals surface area contributed by atoms with Crippen LogP contribution in [0.3, 0.4) is 0 Å². The molecule has 0 aromatic heterocycles. The van der Waals surface area contributed by atoms with E-state index in [4.69, 9.17) is 14.2 Å². The first-order valence-electron chi connectivity index (χ1n) is 13.9. The Bertz CT molecular complexity index is 895. The van der Waals surface area contributed by atoms with Crippen LogP contribution in [0.15, 0.2) is 36.0 Å². The molecule has 3 aliphatic heterocycles. The Morgan fingerprint density at radius 3 is 2.61 bits per heavy atom. The van der Waals surface area contributed by atoms with E-state index in [0.29, 0.717) is 19.6 Å². The molecule has 0 aromatic carbocycles. The first kappa shape index (κ1) is 30.5.